The van der Waals surface area contributed by atoms with Crippen molar-refractivity contribution in [2.24, 2.45) is 29.2 Å². The van der Waals surface area contributed by atoms with Crippen molar-refractivity contribution < 1.29 is 4.79 Å². The summed E-state index contributed by atoms with van der Waals surface area (Å²) in [5, 5.41) is 4.10. The molecule has 4 aliphatic carbocycles. The van der Waals surface area contributed by atoms with Gasteiger partial charge < -0.3 is 0 Å². The molecule has 0 saturated heterocycles. The van der Waals surface area contributed by atoms with Crippen molar-refractivity contribution in [3.05, 3.63) is 12.2 Å². The summed E-state index contributed by atoms with van der Waals surface area (Å²) in [7, 11) is 1.87. The zero-order valence-electron chi connectivity index (χ0n) is 13.4. The number of nitrogens with zero attached hydrogens (tertiary/aromatic N) is 3. The van der Waals surface area contributed by atoms with Crippen molar-refractivity contribution in [1.82, 2.24) is 14.8 Å². The highest BCUT2D eigenvalue weighted by Gasteiger charge is 2.62. The first kappa shape index (κ1) is 13.5. The number of aromatic nitrogens is 3. The average molecular weight is 287 g/mol. The van der Waals surface area contributed by atoms with Crippen molar-refractivity contribution in [2.45, 2.75) is 58.8 Å². The highest BCUT2D eigenvalue weighted by Crippen LogP contribution is 2.69. The van der Waals surface area contributed by atoms with E-state index in [2.05, 4.69) is 23.9 Å². The zero-order chi connectivity index (χ0) is 14.9. The fourth-order valence-electron chi connectivity index (χ4n) is 6.57. The average Bonchev–Trinajstić information content (AvgIpc) is 2.70. The number of Topliss-reactive ketones (excluding diaryl/α,β-unsaturated/α-hetero) is 1. The molecule has 4 saturated carbocycles. The topological polar surface area (TPSA) is 47.8 Å². The summed E-state index contributed by atoms with van der Waals surface area (Å²) < 4.78 is 1.74. The summed E-state index contributed by atoms with van der Waals surface area (Å²) in [5.41, 5.74) is 0.711. The van der Waals surface area contributed by atoms with Gasteiger partial charge in [-0.3, -0.25) is 9.48 Å². The van der Waals surface area contributed by atoms with E-state index in [1.165, 1.54) is 19.3 Å². The van der Waals surface area contributed by atoms with Crippen molar-refractivity contribution >= 4 is 5.78 Å². The fraction of sp³-hybridized carbons (Fsp3) is 0.824. The fourth-order valence-corrected chi connectivity index (χ4v) is 6.57. The second-order valence-corrected chi connectivity index (χ2v) is 8.81. The Morgan fingerprint density at radius 3 is 2.43 bits per heavy atom. The first-order chi connectivity index (χ1) is 9.82. The minimum atomic E-state index is -0.0745. The molecule has 0 aliphatic heterocycles. The summed E-state index contributed by atoms with van der Waals surface area (Å²) in [6.45, 7) is 4.83. The second-order valence-electron chi connectivity index (χ2n) is 8.81. The largest absolute Gasteiger partial charge is 0.299 e. The standard InChI is InChI=1S/C17H25N3O/c1-15-5-12-6-16(2,8-15)10-17(7-12,9-15)13(21)4-14-18-11-19-20(14)3/h11-12H,4-10H2,1-3H3. The second kappa shape index (κ2) is 3.96. The van der Waals surface area contributed by atoms with Gasteiger partial charge in [0.15, 0.2) is 0 Å². The van der Waals surface area contributed by atoms with Crippen molar-refractivity contribution in [1.29, 1.82) is 0 Å². The zero-order valence-corrected chi connectivity index (χ0v) is 13.4. The molecule has 4 aliphatic rings. The number of ketones is 1. The van der Waals surface area contributed by atoms with Crippen LogP contribution in [0.1, 0.15) is 58.2 Å². The van der Waals surface area contributed by atoms with E-state index < -0.39 is 0 Å². The van der Waals surface area contributed by atoms with Gasteiger partial charge in [-0.1, -0.05) is 13.8 Å². The van der Waals surface area contributed by atoms with Crippen LogP contribution in [0.4, 0.5) is 0 Å². The number of aryl methyl sites for hydroxylation is 1. The van der Waals surface area contributed by atoms with Gasteiger partial charge in [0.25, 0.3) is 0 Å². The minimum absolute atomic E-state index is 0.0745. The number of hydrogen-bond acceptors (Lipinski definition) is 3. The van der Waals surface area contributed by atoms with Crippen LogP contribution in [-0.2, 0) is 18.3 Å². The Hall–Kier alpha value is -1.19. The summed E-state index contributed by atoms with van der Waals surface area (Å²) in [6, 6.07) is 0. The molecule has 114 valence electrons. The molecule has 4 fully saturated rings. The van der Waals surface area contributed by atoms with E-state index in [9.17, 15) is 4.79 Å². The van der Waals surface area contributed by atoms with Crippen LogP contribution in [0.5, 0.6) is 0 Å². The molecule has 4 heteroatoms. The summed E-state index contributed by atoms with van der Waals surface area (Å²) in [5.74, 6) is 1.99. The molecule has 4 nitrogen and oxygen atoms in total. The molecular weight excluding hydrogens is 262 g/mol. The first-order valence-corrected chi connectivity index (χ1v) is 8.18. The van der Waals surface area contributed by atoms with Gasteiger partial charge in [0, 0.05) is 12.5 Å². The monoisotopic (exact) mass is 287 g/mol. The summed E-state index contributed by atoms with van der Waals surface area (Å²) >= 11 is 0. The van der Waals surface area contributed by atoms with Gasteiger partial charge in [0.05, 0.1) is 6.42 Å². The number of carbonyl (C=O) groups is 1. The Bertz CT molecular complexity index is 587. The number of rotatable bonds is 3. The quantitative estimate of drug-likeness (QED) is 0.858. The van der Waals surface area contributed by atoms with E-state index >= 15 is 0 Å². The molecule has 5 rings (SSSR count). The molecule has 21 heavy (non-hydrogen) atoms. The van der Waals surface area contributed by atoms with Crippen LogP contribution in [0.25, 0.3) is 0 Å². The van der Waals surface area contributed by atoms with Gasteiger partial charge in [-0.2, -0.15) is 5.10 Å². The molecular formula is C17H25N3O. The van der Waals surface area contributed by atoms with Gasteiger partial charge in [-0.15, -0.1) is 0 Å². The van der Waals surface area contributed by atoms with Crippen LogP contribution < -0.4 is 0 Å². The van der Waals surface area contributed by atoms with E-state index in [-0.39, 0.29) is 5.41 Å². The smallest absolute Gasteiger partial charge is 0.146 e. The van der Waals surface area contributed by atoms with Gasteiger partial charge in [-0.05, 0) is 55.3 Å². The van der Waals surface area contributed by atoms with E-state index in [0.29, 0.717) is 23.0 Å². The normalized spacial score (nSPS) is 44.2. The SMILES string of the molecule is Cn1ncnc1CC(=O)C12CC3CC(C)(CC(C)(C3)C1)C2. The van der Waals surface area contributed by atoms with E-state index in [4.69, 9.17) is 0 Å². The van der Waals surface area contributed by atoms with Crippen LogP contribution in [0, 0.1) is 22.2 Å². The molecule has 0 radical (unpaired) electrons. The van der Waals surface area contributed by atoms with Crippen molar-refractivity contribution in [3.63, 3.8) is 0 Å². The van der Waals surface area contributed by atoms with E-state index in [1.54, 1.807) is 11.0 Å². The molecule has 1 heterocycles. The Balaban J connectivity index is 1.65. The molecule has 2 atom stereocenters. The Kier molecular flexibility index (Phi) is 2.54. The van der Waals surface area contributed by atoms with E-state index in [0.717, 1.165) is 31.0 Å². The van der Waals surface area contributed by atoms with Crippen LogP contribution in [-0.4, -0.2) is 20.5 Å². The maximum absolute atomic E-state index is 13.1. The third-order valence-electron chi connectivity index (χ3n) is 6.34. The maximum atomic E-state index is 13.1. The molecule has 1 aromatic heterocycles. The lowest BCUT2D eigenvalue weighted by molar-refractivity contribution is -0.167. The molecule has 0 spiro atoms. The Morgan fingerprint density at radius 2 is 1.90 bits per heavy atom. The van der Waals surface area contributed by atoms with Crippen LogP contribution in [0.3, 0.4) is 0 Å². The third-order valence-corrected chi connectivity index (χ3v) is 6.34. The lowest BCUT2D eigenvalue weighted by atomic mass is 9.39. The molecule has 2 unspecified atom stereocenters. The van der Waals surface area contributed by atoms with Crippen LogP contribution in [0.15, 0.2) is 6.33 Å². The number of hydrogen-bond donors (Lipinski definition) is 0. The van der Waals surface area contributed by atoms with Gasteiger partial charge in [0.1, 0.15) is 17.9 Å². The van der Waals surface area contributed by atoms with Gasteiger partial charge in [0.2, 0.25) is 0 Å². The van der Waals surface area contributed by atoms with Crippen LogP contribution >= 0.6 is 0 Å². The van der Waals surface area contributed by atoms with Crippen LogP contribution in [0.2, 0.25) is 0 Å². The summed E-state index contributed by atoms with van der Waals surface area (Å²) in [4.78, 5) is 17.4. The minimum Gasteiger partial charge on any atom is -0.299 e. The molecule has 1 aromatic rings. The lowest BCUT2D eigenvalue weighted by Gasteiger charge is -2.64. The number of carbonyl (C=O) groups excluding carboxylic acids is 1. The lowest BCUT2D eigenvalue weighted by Crippen LogP contribution is -2.58. The Morgan fingerprint density at radius 1 is 1.24 bits per heavy atom. The van der Waals surface area contributed by atoms with Gasteiger partial charge in [-0.25, -0.2) is 4.98 Å². The molecule has 0 N–H and O–H groups in total. The third kappa shape index (κ3) is 1.98. The molecule has 0 aromatic carbocycles. The van der Waals surface area contributed by atoms with E-state index in [1.807, 2.05) is 7.05 Å². The molecule has 0 amide bonds. The van der Waals surface area contributed by atoms with Crippen molar-refractivity contribution in [2.75, 3.05) is 0 Å². The highest BCUT2D eigenvalue weighted by atomic mass is 16.1. The molecule has 4 bridgehead atoms. The predicted octanol–water partition coefficient (Wildman–Crippen LogP) is 2.92. The predicted molar refractivity (Wildman–Crippen MR) is 79.6 cm³/mol. The maximum Gasteiger partial charge on any atom is 0.146 e. The van der Waals surface area contributed by atoms with Crippen molar-refractivity contribution in [3.8, 4) is 0 Å². The first-order valence-electron chi connectivity index (χ1n) is 8.18. The summed E-state index contributed by atoms with van der Waals surface area (Å²) in [6.07, 6.45) is 9.30. The highest BCUT2D eigenvalue weighted by molar-refractivity contribution is 5.87. The Labute approximate surface area is 126 Å². The van der Waals surface area contributed by atoms with Gasteiger partial charge >= 0.3 is 0 Å².